The van der Waals surface area contributed by atoms with E-state index in [2.05, 4.69) is 15.7 Å². The maximum absolute atomic E-state index is 13.2. The molecule has 33 heavy (non-hydrogen) atoms. The number of hydrogen-bond donors (Lipinski definition) is 1. The van der Waals surface area contributed by atoms with Crippen LogP contribution in [0.25, 0.3) is 0 Å². The van der Waals surface area contributed by atoms with E-state index >= 15 is 0 Å². The Bertz CT molecular complexity index is 1150. The molecule has 2 atom stereocenters. The van der Waals surface area contributed by atoms with Crippen molar-refractivity contribution < 1.29 is 23.9 Å². The molecule has 1 N–H and O–H groups in total. The quantitative estimate of drug-likeness (QED) is 0.676. The highest BCUT2D eigenvalue weighted by Gasteiger charge is 2.55. The second-order valence-corrected chi connectivity index (χ2v) is 8.07. The minimum atomic E-state index is -0.999. The first kappa shape index (κ1) is 22.3. The summed E-state index contributed by atoms with van der Waals surface area (Å²) < 4.78 is 10.5. The summed E-state index contributed by atoms with van der Waals surface area (Å²) >= 11 is 0. The molecule has 1 saturated heterocycles. The maximum Gasteiger partial charge on any atom is 0.263 e. The van der Waals surface area contributed by atoms with Crippen LogP contribution in [-0.4, -0.2) is 55.6 Å². The van der Waals surface area contributed by atoms with Crippen molar-refractivity contribution in [2.45, 2.75) is 32.9 Å². The normalized spacial score (nSPS) is 19.2. The van der Waals surface area contributed by atoms with Gasteiger partial charge in [0.15, 0.2) is 23.6 Å². The van der Waals surface area contributed by atoms with Crippen LogP contribution < -0.4 is 19.7 Å². The van der Waals surface area contributed by atoms with Crippen LogP contribution in [0.5, 0.6) is 11.5 Å². The largest absolute Gasteiger partial charge is 0.493 e. The summed E-state index contributed by atoms with van der Waals surface area (Å²) in [7, 11) is 2.97. The Labute approximate surface area is 191 Å². The molecule has 10 nitrogen and oxygen atoms in total. The Hall–Kier alpha value is -3.95. The summed E-state index contributed by atoms with van der Waals surface area (Å²) in [6, 6.07) is 6.74. The molecular formula is C23H25N5O5. The lowest BCUT2D eigenvalue weighted by Crippen LogP contribution is -2.43. The Morgan fingerprint density at radius 1 is 1.00 bits per heavy atom. The summed E-state index contributed by atoms with van der Waals surface area (Å²) in [5.41, 5.74) is 4.04. The predicted molar refractivity (Wildman–Crippen MR) is 120 cm³/mol. The number of fused-ring (bicyclic) bond motifs is 1. The lowest BCUT2D eigenvalue weighted by atomic mass is 10.1. The monoisotopic (exact) mass is 451 g/mol. The fourth-order valence-electron chi connectivity index (χ4n) is 4.28. The molecule has 1 fully saturated rings. The topological polar surface area (TPSA) is 113 Å². The fourth-order valence-corrected chi connectivity index (χ4v) is 4.28. The van der Waals surface area contributed by atoms with Gasteiger partial charge in [0, 0.05) is 11.8 Å². The second-order valence-electron chi connectivity index (χ2n) is 8.07. The molecule has 0 spiro atoms. The number of methoxy groups -OCH3 is 2. The van der Waals surface area contributed by atoms with Crippen molar-refractivity contribution in [2.75, 3.05) is 31.0 Å². The fraction of sp³-hybridized carbons (Fsp3) is 0.348. The molecule has 2 aliphatic rings. The highest BCUT2D eigenvalue weighted by molar-refractivity contribution is 6.25. The van der Waals surface area contributed by atoms with Gasteiger partial charge in [-0.1, -0.05) is 22.9 Å². The van der Waals surface area contributed by atoms with Gasteiger partial charge >= 0.3 is 0 Å². The predicted octanol–water partition coefficient (Wildman–Crippen LogP) is 2.56. The van der Waals surface area contributed by atoms with Crippen molar-refractivity contribution >= 4 is 29.1 Å². The molecule has 0 radical (unpaired) electrons. The number of carbonyl (C=O) groups is 3. The van der Waals surface area contributed by atoms with Gasteiger partial charge < -0.3 is 14.8 Å². The van der Waals surface area contributed by atoms with E-state index in [-0.39, 0.29) is 12.5 Å². The number of ether oxygens (including phenoxy) is 2. The van der Waals surface area contributed by atoms with Gasteiger partial charge in [0.05, 0.1) is 19.9 Å². The van der Waals surface area contributed by atoms with Gasteiger partial charge in [-0.2, -0.15) is 5.11 Å². The van der Waals surface area contributed by atoms with E-state index in [1.165, 1.54) is 19.2 Å². The van der Waals surface area contributed by atoms with Gasteiger partial charge in [0.2, 0.25) is 5.91 Å². The maximum atomic E-state index is 13.2. The standard InChI is InChI=1S/C23H25N5O5/c1-12-8-13(2)19(14(3)9-12)24-18(29)11-27-21-20(25-26-27)22(30)28(23(21)31)15-6-7-16(32-4)17(10-15)33-5/h6-10,20-21H,11H2,1-5H3,(H,24,29)/t20-,21+/m1/s1. The van der Waals surface area contributed by atoms with Gasteiger partial charge in [-0.15, -0.1) is 0 Å². The smallest absolute Gasteiger partial charge is 0.263 e. The number of rotatable bonds is 6. The number of benzene rings is 2. The van der Waals surface area contributed by atoms with E-state index < -0.39 is 23.9 Å². The lowest BCUT2D eigenvalue weighted by Gasteiger charge is -2.21. The first-order chi connectivity index (χ1) is 15.7. The zero-order valence-corrected chi connectivity index (χ0v) is 19.1. The van der Waals surface area contributed by atoms with Gasteiger partial charge in [0.1, 0.15) is 6.54 Å². The van der Waals surface area contributed by atoms with Crippen LogP contribution in [0, 0.1) is 20.8 Å². The van der Waals surface area contributed by atoms with Crippen molar-refractivity contribution in [1.82, 2.24) is 5.01 Å². The number of anilines is 2. The van der Waals surface area contributed by atoms with Crippen LogP contribution in [0.4, 0.5) is 11.4 Å². The molecule has 2 heterocycles. The molecule has 10 heteroatoms. The summed E-state index contributed by atoms with van der Waals surface area (Å²) in [4.78, 5) is 39.9. The molecule has 0 bridgehead atoms. The van der Waals surface area contributed by atoms with E-state index in [4.69, 9.17) is 9.47 Å². The number of aryl methyl sites for hydroxylation is 3. The molecule has 4 rings (SSSR count). The summed E-state index contributed by atoms with van der Waals surface area (Å²) in [6.45, 7) is 5.61. The molecule has 0 unspecified atom stereocenters. The van der Waals surface area contributed by atoms with Crippen LogP contribution in [0.1, 0.15) is 16.7 Å². The van der Waals surface area contributed by atoms with Crippen LogP contribution in [-0.2, 0) is 14.4 Å². The molecule has 2 aromatic rings. The average molecular weight is 451 g/mol. The number of nitrogens with zero attached hydrogens (tertiary/aromatic N) is 4. The first-order valence-corrected chi connectivity index (χ1v) is 10.4. The van der Waals surface area contributed by atoms with Crippen molar-refractivity contribution in [3.8, 4) is 11.5 Å². The number of carbonyl (C=O) groups excluding carboxylic acids is 3. The van der Waals surface area contributed by atoms with E-state index in [1.54, 1.807) is 18.2 Å². The zero-order chi connectivity index (χ0) is 23.9. The van der Waals surface area contributed by atoms with Gasteiger partial charge in [0.25, 0.3) is 11.8 Å². The van der Waals surface area contributed by atoms with Crippen molar-refractivity contribution in [2.24, 2.45) is 10.3 Å². The molecule has 0 saturated carbocycles. The minimum Gasteiger partial charge on any atom is -0.493 e. The Morgan fingerprint density at radius 2 is 1.67 bits per heavy atom. The summed E-state index contributed by atoms with van der Waals surface area (Å²) in [5, 5.41) is 12.1. The van der Waals surface area contributed by atoms with Crippen LogP contribution in [0.15, 0.2) is 40.7 Å². The summed E-state index contributed by atoms with van der Waals surface area (Å²) in [5.74, 6) is -0.504. The van der Waals surface area contributed by atoms with E-state index in [0.717, 1.165) is 27.3 Å². The number of amides is 3. The van der Waals surface area contributed by atoms with Crippen LogP contribution in [0.2, 0.25) is 0 Å². The number of nitrogens with one attached hydrogen (secondary N) is 1. The highest BCUT2D eigenvalue weighted by atomic mass is 16.5. The Morgan fingerprint density at radius 3 is 2.30 bits per heavy atom. The molecular weight excluding hydrogens is 426 g/mol. The van der Waals surface area contributed by atoms with Gasteiger partial charge in [-0.05, 0) is 44.0 Å². The molecule has 3 amide bonds. The lowest BCUT2D eigenvalue weighted by molar-refractivity contribution is -0.123. The summed E-state index contributed by atoms with van der Waals surface area (Å²) in [6.07, 6.45) is 0. The van der Waals surface area contributed by atoms with Crippen molar-refractivity contribution in [3.63, 3.8) is 0 Å². The average Bonchev–Trinajstić information content (AvgIpc) is 3.29. The Kier molecular flexibility index (Phi) is 5.75. The molecule has 0 aliphatic carbocycles. The third-order valence-electron chi connectivity index (χ3n) is 5.73. The van der Waals surface area contributed by atoms with Gasteiger partial charge in [-0.25, -0.2) is 4.90 Å². The van der Waals surface area contributed by atoms with Crippen LogP contribution in [0.3, 0.4) is 0 Å². The second kappa shape index (κ2) is 8.53. The first-order valence-electron chi connectivity index (χ1n) is 10.4. The highest BCUT2D eigenvalue weighted by Crippen LogP contribution is 2.36. The number of hydrogen-bond acceptors (Lipinski definition) is 8. The Balaban J connectivity index is 1.52. The van der Waals surface area contributed by atoms with Gasteiger partial charge in [-0.3, -0.25) is 19.4 Å². The molecule has 0 aromatic heterocycles. The minimum absolute atomic E-state index is 0.212. The molecule has 2 aromatic carbocycles. The third kappa shape index (κ3) is 3.88. The number of imide groups is 1. The van der Waals surface area contributed by atoms with E-state index in [9.17, 15) is 14.4 Å². The zero-order valence-electron chi connectivity index (χ0n) is 19.1. The van der Waals surface area contributed by atoms with Crippen LogP contribution >= 0.6 is 0 Å². The van der Waals surface area contributed by atoms with Crippen molar-refractivity contribution in [3.05, 3.63) is 47.0 Å². The van der Waals surface area contributed by atoms with E-state index in [0.29, 0.717) is 17.2 Å². The van der Waals surface area contributed by atoms with E-state index in [1.807, 2.05) is 32.9 Å². The van der Waals surface area contributed by atoms with Crippen molar-refractivity contribution in [1.29, 1.82) is 0 Å². The molecule has 2 aliphatic heterocycles. The third-order valence-corrected chi connectivity index (χ3v) is 5.73. The SMILES string of the molecule is COc1ccc(N2C(=O)[C@@H]3[C@@H](N=NN3CC(=O)Nc3c(C)cc(C)cc3C)C2=O)cc1OC. The molecule has 172 valence electrons.